The average Bonchev–Trinajstić information content (AvgIpc) is 2.91. The Morgan fingerprint density at radius 1 is 1.38 bits per heavy atom. The van der Waals surface area contributed by atoms with Crippen molar-refractivity contribution in [1.29, 1.82) is 0 Å². The molecular formula is C15H17FN2O3. The molecule has 0 unspecified atom stereocenters. The van der Waals surface area contributed by atoms with Crippen LogP contribution in [0.2, 0.25) is 0 Å². The van der Waals surface area contributed by atoms with Gasteiger partial charge in [0.1, 0.15) is 11.5 Å². The minimum Gasteiger partial charge on any atom is -0.469 e. The molecule has 1 aromatic heterocycles. The Hall–Kier alpha value is -2.37. The van der Waals surface area contributed by atoms with Crippen molar-refractivity contribution in [2.75, 3.05) is 20.7 Å². The molecule has 112 valence electrons. The summed E-state index contributed by atoms with van der Waals surface area (Å²) < 4.78 is 18.1. The summed E-state index contributed by atoms with van der Waals surface area (Å²) in [6, 6.07) is 6.16. The number of benzene rings is 1. The fourth-order valence-corrected chi connectivity index (χ4v) is 2.10. The van der Waals surface area contributed by atoms with E-state index in [1.165, 1.54) is 24.1 Å². The predicted octanol–water partition coefficient (Wildman–Crippen LogP) is 2.33. The van der Waals surface area contributed by atoms with Gasteiger partial charge in [-0.3, -0.25) is 9.59 Å². The zero-order valence-electron chi connectivity index (χ0n) is 12.0. The van der Waals surface area contributed by atoms with Gasteiger partial charge in [0.2, 0.25) is 0 Å². The van der Waals surface area contributed by atoms with Gasteiger partial charge in [0.25, 0.3) is 5.91 Å². The van der Waals surface area contributed by atoms with E-state index in [0.29, 0.717) is 29.6 Å². The molecule has 0 aliphatic heterocycles. The van der Waals surface area contributed by atoms with Gasteiger partial charge in [-0.05, 0) is 24.6 Å². The molecule has 5 nitrogen and oxygen atoms in total. The molecule has 0 radical (unpaired) electrons. The van der Waals surface area contributed by atoms with Crippen molar-refractivity contribution >= 4 is 22.8 Å². The van der Waals surface area contributed by atoms with Crippen LogP contribution < -0.4 is 0 Å². The number of rotatable bonds is 5. The number of esters is 1. The van der Waals surface area contributed by atoms with Gasteiger partial charge in [-0.2, -0.15) is 0 Å². The molecule has 21 heavy (non-hydrogen) atoms. The van der Waals surface area contributed by atoms with E-state index >= 15 is 0 Å². The minimum atomic E-state index is -0.365. The molecule has 1 aromatic carbocycles. The largest absolute Gasteiger partial charge is 0.469 e. The van der Waals surface area contributed by atoms with Crippen LogP contribution in [0.15, 0.2) is 24.3 Å². The SMILES string of the molecule is COC(=O)CCCN(C)C(=O)c1cc2c(F)cccc2[nH]1. The molecule has 6 heteroatoms. The van der Waals surface area contributed by atoms with Crippen molar-refractivity contribution in [1.82, 2.24) is 9.88 Å². The number of aromatic nitrogens is 1. The van der Waals surface area contributed by atoms with Crippen molar-refractivity contribution in [3.05, 3.63) is 35.8 Å². The van der Waals surface area contributed by atoms with E-state index in [0.717, 1.165) is 0 Å². The molecule has 2 aromatic rings. The Balaban J connectivity index is 2.04. The minimum absolute atomic E-state index is 0.240. The third-order valence-corrected chi connectivity index (χ3v) is 3.29. The number of nitrogens with zero attached hydrogens (tertiary/aromatic N) is 1. The lowest BCUT2D eigenvalue weighted by atomic mass is 10.2. The number of fused-ring (bicyclic) bond motifs is 1. The lowest BCUT2D eigenvalue weighted by Crippen LogP contribution is -2.28. The highest BCUT2D eigenvalue weighted by molar-refractivity contribution is 5.98. The van der Waals surface area contributed by atoms with E-state index < -0.39 is 0 Å². The van der Waals surface area contributed by atoms with Crippen LogP contribution in [0, 0.1) is 5.82 Å². The lowest BCUT2D eigenvalue weighted by Gasteiger charge is -2.15. The second-order valence-corrected chi connectivity index (χ2v) is 4.79. The summed E-state index contributed by atoms with van der Waals surface area (Å²) in [7, 11) is 2.97. The molecule has 0 bridgehead atoms. The van der Waals surface area contributed by atoms with E-state index in [9.17, 15) is 14.0 Å². The molecule has 0 atom stereocenters. The number of hydrogen-bond donors (Lipinski definition) is 1. The molecule has 1 heterocycles. The zero-order chi connectivity index (χ0) is 15.4. The number of carbonyl (C=O) groups is 2. The number of carbonyl (C=O) groups excluding carboxylic acids is 2. The number of aromatic amines is 1. The molecule has 0 aliphatic rings. The van der Waals surface area contributed by atoms with E-state index in [1.807, 2.05) is 0 Å². The van der Waals surface area contributed by atoms with Gasteiger partial charge in [0.05, 0.1) is 7.11 Å². The van der Waals surface area contributed by atoms with Crippen molar-refractivity contribution in [3.63, 3.8) is 0 Å². The summed E-state index contributed by atoms with van der Waals surface area (Å²) in [5.74, 6) is -0.907. The number of nitrogens with one attached hydrogen (secondary N) is 1. The fraction of sp³-hybridized carbons (Fsp3) is 0.333. The van der Waals surface area contributed by atoms with E-state index in [1.54, 1.807) is 19.2 Å². The van der Waals surface area contributed by atoms with Gasteiger partial charge in [-0.15, -0.1) is 0 Å². The first-order valence-corrected chi connectivity index (χ1v) is 6.62. The maximum atomic E-state index is 13.6. The molecule has 0 saturated carbocycles. The van der Waals surface area contributed by atoms with Gasteiger partial charge in [-0.25, -0.2) is 4.39 Å². The Kier molecular flexibility index (Phi) is 4.57. The topological polar surface area (TPSA) is 62.4 Å². The quantitative estimate of drug-likeness (QED) is 0.860. The van der Waals surface area contributed by atoms with Gasteiger partial charge in [0, 0.05) is 30.9 Å². The Morgan fingerprint density at radius 2 is 2.14 bits per heavy atom. The molecule has 1 N–H and O–H groups in total. The van der Waals surface area contributed by atoms with Crippen LogP contribution in [0.4, 0.5) is 4.39 Å². The molecule has 1 amide bonds. The second kappa shape index (κ2) is 6.39. The first-order chi connectivity index (χ1) is 10.0. The van der Waals surface area contributed by atoms with Crippen LogP contribution in [-0.2, 0) is 9.53 Å². The number of amides is 1. The Morgan fingerprint density at radius 3 is 2.81 bits per heavy atom. The highest BCUT2D eigenvalue weighted by atomic mass is 19.1. The van der Waals surface area contributed by atoms with E-state index in [4.69, 9.17) is 0 Å². The summed E-state index contributed by atoms with van der Waals surface area (Å²) in [4.78, 5) is 27.6. The first kappa shape index (κ1) is 15.0. The number of methoxy groups -OCH3 is 1. The summed E-state index contributed by atoms with van der Waals surface area (Å²) in [6.45, 7) is 0.422. The summed E-state index contributed by atoms with van der Waals surface area (Å²) in [6.07, 6.45) is 0.777. The van der Waals surface area contributed by atoms with E-state index in [-0.39, 0.29) is 24.1 Å². The number of H-pyrrole nitrogens is 1. The molecule has 2 rings (SSSR count). The number of ether oxygens (including phenoxy) is 1. The standard InChI is InChI=1S/C15H17FN2O3/c1-18(8-4-7-14(19)21-2)15(20)13-9-10-11(16)5-3-6-12(10)17-13/h3,5-6,9,17H,4,7-8H2,1-2H3. The molecule has 0 fully saturated rings. The summed E-state index contributed by atoms with van der Waals surface area (Å²) in [5.41, 5.74) is 0.914. The fourth-order valence-electron chi connectivity index (χ4n) is 2.10. The van der Waals surface area contributed by atoms with Crippen LogP contribution in [0.25, 0.3) is 10.9 Å². The highest BCUT2D eigenvalue weighted by Crippen LogP contribution is 2.19. The normalized spacial score (nSPS) is 10.6. The number of hydrogen-bond acceptors (Lipinski definition) is 3. The van der Waals surface area contributed by atoms with Crippen molar-refractivity contribution in [3.8, 4) is 0 Å². The highest BCUT2D eigenvalue weighted by Gasteiger charge is 2.15. The predicted molar refractivity (Wildman–Crippen MR) is 76.5 cm³/mol. The third-order valence-electron chi connectivity index (χ3n) is 3.29. The van der Waals surface area contributed by atoms with Crippen LogP contribution in [0.1, 0.15) is 23.3 Å². The second-order valence-electron chi connectivity index (χ2n) is 4.79. The van der Waals surface area contributed by atoms with Crippen molar-refractivity contribution in [2.24, 2.45) is 0 Å². The summed E-state index contributed by atoms with van der Waals surface area (Å²) in [5, 5.41) is 0.392. The average molecular weight is 292 g/mol. The van der Waals surface area contributed by atoms with Gasteiger partial charge in [0.15, 0.2) is 0 Å². The Labute approximate surface area is 121 Å². The van der Waals surface area contributed by atoms with Crippen LogP contribution in [0.5, 0.6) is 0 Å². The molecule has 0 aliphatic carbocycles. The first-order valence-electron chi connectivity index (χ1n) is 6.62. The lowest BCUT2D eigenvalue weighted by molar-refractivity contribution is -0.140. The third kappa shape index (κ3) is 3.39. The van der Waals surface area contributed by atoms with Crippen LogP contribution >= 0.6 is 0 Å². The maximum absolute atomic E-state index is 13.6. The van der Waals surface area contributed by atoms with Gasteiger partial charge < -0.3 is 14.6 Å². The van der Waals surface area contributed by atoms with Crippen molar-refractivity contribution in [2.45, 2.75) is 12.8 Å². The monoisotopic (exact) mass is 292 g/mol. The smallest absolute Gasteiger partial charge is 0.305 e. The molecule has 0 spiro atoms. The Bertz CT molecular complexity index is 666. The van der Waals surface area contributed by atoms with E-state index in [2.05, 4.69) is 9.72 Å². The zero-order valence-corrected chi connectivity index (χ0v) is 12.0. The summed E-state index contributed by atoms with van der Waals surface area (Å²) >= 11 is 0. The number of halogens is 1. The van der Waals surface area contributed by atoms with Crippen LogP contribution in [-0.4, -0.2) is 42.5 Å². The molecule has 0 saturated heterocycles. The van der Waals surface area contributed by atoms with Crippen LogP contribution in [0.3, 0.4) is 0 Å². The van der Waals surface area contributed by atoms with Crippen molar-refractivity contribution < 1.29 is 18.7 Å². The van der Waals surface area contributed by atoms with Gasteiger partial charge >= 0.3 is 5.97 Å². The maximum Gasteiger partial charge on any atom is 0.305 e. The molecular weight excluding hydrogens is 275 g/mol. The van der Waals surface area contributed by atoms with Gasteiger partial charge in [-0.1, -0.05) is 6.07 Å².